The average molecular weight is 448 g/mol. The van der Waals surface area contributed by atoms with Crippen molar-refractivity contribution < 1.29 is 0 Å². The van der Waals surface area contributed by atoms with Crippen molar-refractivity contribution in [1.82, 2.24) is 20.0 Å². The Morgan fingerprint density at radius 2 is 2.13 bits per heavy atom. The summed E-state index contributed by atoms with van der Waals surface area (Å²) in [5, 5.41) is 8.33. The third kappa shape index (κ3) is 6.39. The fourth-order valence-corrected chi connectivity index (χ4v) is 2.41. The number of halogens is 2. The maximum Gasteiger partial charge on any atom is 0.193 e. The molecule has 0 aliphatic carbocycles. The molecule has 0 fully saturated rings. The standard InChI is InChI=1S/C16H22ClN5.HI/c1-18-16(19-9-5-11-22-12-6-10-20-22)21(2)13-14-7-3-4-8-15(14)17;/h3-4,6-8,10,12H,5,9,11,13H2,1-2H3,(H,18,19);1H. The molecule has 1 heterocycles. The van der Waals surface area contributed by atoms with Crippen LogP contribution in [0.25, 0.3) is 0 Å². The van der Waals surface area contributed by atoms with Gasteiger partial charge in [0.05, 0.1) is 0 Å². The molecular formula is C16H23ClIN5. The number of aliphatic imine (C=N–C) groups is 1. The molecule has 7 heteroatoms. The number of hydrogen-bond donors (Lipinski definition) is 1. The second-order valence-electron chi connectivity index (χ2n) is 5.04. The molecular weight excluding hydrogens is 425 g/mol. The molecule has 0 atom stereocenters. The van der Waals surface area contributed by atoms with Gasteiger partial charge in [-0.1, -0.05) is 29.8 Å². The molecule has 0 radical (unpaired) electrons. The lowest BCUT2D eigenvalue weighted by molar-refractivity contribution is 0.471. The van der Waals surface area contributed by atoms with E-state index in [4.69, 9.17) is 11.6 Å². The summed E-state index contributed by atoms with van der Waals surface area (Å²) >= 11 is 6.20. The Kier molecular flexibility index (Phi) is 9.01. The van der Waals surface area contributed by atoms with Gasteiger partial charge in [0, 0.05) is 51.1 Å². The predicted octanol–water partition coefficient (Wildman–Crippen LogP) is 3.25. The van der Waals surface area contributed by atoms with E-state index < -0.39 is 0 Å². The summed E-state index contributed by atoms with van der Waals surface area (Å²) in [6.07, 6.45) is 4.75. The van der Waals surface area contributed by atoms with Gasteiger partial charge in [-0.2, -0.15) is 5.10 Å². The number of guanidine groups is 1. The van der Waals surface area contributed by atoms with E-state index in [1.807, 2.05) is 48.3 Å². The number of nitrogens with one attached hydrogen (secondary N) is 1. The van der Waals surface area contributed by atoms with Crippen molar-refractivity contribution >= 4 is 41.5 Å². The predicted molar refractivity (Wildman–Crippen MR) is 107 cm³/mol. The molecule has 5 nitrogen and oxygen atoms in total. The Hall–Kier alpha value is -1.28. The fraction of sp³-hybridized carbons (Fsp3) is 0.375. The first-order valence-electron chi connectivity index (χ1n) is 7.33. The molecule has 2 rings (SSSR count). The van der Waals surface area contributed by atoms with Crippen molar-refractivity contribution in [3.05, 3.63) is 53.3 Å². The number of rotatable bonds is 6. The highest BCUT2D eigenvalue weighted by Gasteiger charge is 2.08. The van der Waals surface area contributed by atoms with Gasteiger partial charge in [-0.05, 0) is 24.1 Å². The van der Waals surface area contributed by atoms with Gasteiger partial charge in [-0.25, -0.2) is 0 Å². The number of benzene rings is 1. The molecule has 0 saturated carbocycles. The Balaban J connectivity index is 0.00000264. The van der Waals surface area contributed by atoms with E-state index in [1.165, 1.54) is 0 Å². The van der Waals surface area contributed by atoms with Crippen LogP contribution in [0.15, 0.2) is 47.7 Å². The number of aryl methyl sites for hydroxylation is 1. The highest BCUT2D eigenvalue weighted by Crippen LogP contribution is 2.16. The van der Waals surface area contributed by atoms with Crippen LogP contribution >= 0.6 is 35.6 Å². The summed E-state index contributed by atoms with van der Waals surface area (Å²) in [7, 11) is 3.80. The first kappa shape index (κ1) is 19.8. The van der Waals surface area contributed by atoms with E-state index in [9.17, 15) is 0 Å². The third-order valence-corrected chi connectivity index (χ3v) is 3.71. The Labute approximate surface area is 159 Å². The zero-order valence-electron chi connectivity index (χ0n) is 13.4. The molecule has 0 saturated heterocycles. The fourth-order valence-electron chi connectivity index (χ4n) is 2.22. The van der Waals surface area contributed by atoms with Crippen molar-refractivity contribution in [2.45, 2.75) is 19.5 Å². The van der Waals surface area contributed by atoms with E-state index in [0.29, 0.717) is 0 Å². The highest BCUT2D eigenvalue weighted by atomic mass is 127. The molecule has 0 spiro atoms. The Morgan fingerprint density at radius 3 is 2.78 bits per heavy atom. The van der Waals surface area contributed by atoms with Gasteiger partial charge in [0.25, 0.3) is 0 Å². The monoisotopic (exact) mass is 447 g/mol. The first-order valence-corrected chi connectivity index (χ1v) is 7.71. The second kappa shape index (κ2) is 10.5. The van der Waals surface area contributed by atoms with E-state index in [2.05, 4.69) is 20.3 Å². The lowest BCUT2D eigenvalue weighted by Gasteiger charge is -2.22. The van der Waals surface area contributed by atoms with Crippen LogP contribution in [0.2, 0.25) is 5.02 Å². The first-order chi connectivity index (χ1) is 10.7. The number of nitrogens with zero attached hydrogens (tertiary/aromatic N) is 4. The summed E-state index contributed by atoms with van der Waals surface area (Å²) in [4.78, 5) is 6.38. The summed E-state index contributed by atoms with van der Waals surface area (Å²) in [5.41, 5.74) is 1.09. The summed E-state index contributed by atoms with van der Waals surface area (Å²) in [5.74, 6) is 0.861. The van der Waals surface area contributed by atoms with E-state index in [1.54, 1.807) is 13.2 Å². The maximum absolute atomic E-state index is 6.20. The minimum Gasteiger partial charge on any atom is -0.356 e. The molecule has 23 heavy (non-hydrogen) atoms. The van der Waals surface area contributed by atoms with Crippen molar-refractivity contribution in [3.8, 4) is 0 Å². The molecule has 0 amide bonds. The maximum atomic E-state index is 6.20. The summed E-state index contributed by atoms with van der Waals surface area (Å²) < 4.78 is 1.93. The largest absolute Gasteiger partial charge is 0.356 e. The summed E-state index contributed by atoms with van der Waals surface area (Å²) in [6, 6.07) is 9.81. The van der Waals surface area contributed by atoms with E-state index in [-0.39, 0.29) is 24.0 Å². The van der Waals surface area contributed by atoms with Gasteiger partial charge in [-0.15, -0.1) is 24.0 Å². The molecule has 1 aromatic carbocycles. The Bertz CT molecular complexity index is 600. The molecule has 1 aromatic heterocycles. The lowest BCUT2D eigenvalue weighted by Crippen LogP contribution is -2.39. The molecule has 0 unspecified atom stereocenters. The topological polar surface area (TPSA) is 45.5 Å². The van der Waals surface area contributed by atoms with Gasteiger partial charge >= 0.3 is 0 Å². The van der Waals surface area contributed by atoms with Crippen LogP contribution in [0.5, 0.6) is 0 Å². The van der Waals surface area contributed by atoms with Crippen molar-refractivity contribution in [3.63, 3.8) is 0 Å². The smallest absolute Gasteiger partial charge is 0.193 e. The lowest BCUT2D eigenvalue weighted by atomic mass is 10.2. The van der Waals surface area contributed by atoms with E-state index >= 15 is 0 Å². The minimum atomic E-state index is 0. The van der Waals surface area contributed by atoms with Crippen LogP contribution in [-0.2, 0) is 13.1 Å². The van der Waals surface area contributed by atoms with Gasteiger partial charge in [0.2, 0.25) is 0 Å². The van der Waals surface area contributed by atoms with Crippen LogP contribution < -0.4 is 5.32 Å². The molecule has 0 aliphatic heterocycles. The van der Waals surface area contributed by atoms with Crippen molar-refractivity contribution in [2.24, 2.45) is 4.99 Å². The number of aromatic nitrogens is 2. The van der Waals surface area contributed by atoms with Crippen molar-refractivity contribution in [2.75, 3.05) is 20.6 Å². The molecule has 1 N–H and O–H groups in total. The van der Waals surface area contributed by atoms with Gasteiger partial charge < -0.3 is 10.2 Å². The Morgan fingerprint density at radius 1 is 1.35 bits per heavy atom. The normalized spacial score (nSPS) is 11.0. The van der Waals surface area contributed by atoms with Crippen LogP contribution in [0.4, 0.5) is 0 Å². The molecule has 0 aliphatic rings. The van der Waals surface area contributed by atoms with Crippen LogP contribution in [0, 0.1) is 0 Å². The molecule has 126 valence electrons. The van der Waals surface area contributed by atoms with Gasteiger partial charge in [-0.3, -0.25) is 9.67 Å². The van der Waals surface area contributed by atoms with Gasteiger partial charge in [0.15, 0.2) is 5.96 Å². The van der Waals surface area contributed by atoms with Crippen LogP contribution in [0.1, 0.15) is 12.0 Å². The van der Waals surface area contributed by atoms with E-state index in [0.717, 1.165) is 42.6 Å². The average Bonchev–Trinajstić information content (AvgIpc) is 3.03. The number of hydrogen-bond acceptors (Lipinski definition) is 2. The quantitative estimate of drug-likeness (QED) is 0.320. The minimum absolute atomic E-state index is 0. The second-order valence-corrected chi connectivity index (χ2v) is 5.45. The zero-order chi connectivity index (χ0) is 15.8. The SMILES string of the molecule is CN=C(NCCCn1cccn1)N(C)Cc1ccccc1Cl.I. The highest BCUT2D eigenvalue weighted by molar-refractivity contribution is 14.0. The van der Waals surface area contributed by atoms with Crippen LogP contribution in [0.3, 0.4) is 0 Å². The van der Waals surface area contributed by atoms with Crippen molar-refractivity contribution in [1.29, 1.82) is 0 Å². The summed E-state index contributed by atoms with van der Waals surface area (Å²) in [6.45, 7) is 2.46. The van der Waals surface area contributed by atoms with Crippen LogP contribution in [-0.4, -0.2) is 41.3 Å². The molecule has 0 bridgehead atoms. The molecule has 2 aromatic rings. The van der Waals surface area contributed by atoms with Gasteiger partial charge in [0.1, 0.15) is 0 Å². The zero-order valence-corrected chi connectivity index (χ0v) is 16.5. The third-order valence-electron chi connectivity index (χ3n) is 3.35.